The van der Waals surface area contributed by atoms with E-state index >= 15 is 0 Å². The van der Waals surface area contributed by atoms with Crippen LogP contribution in [-0.4, -0.2) is 33.6 Å². The van der Waals surface area contributed by atoms with E-state index in [4.69, 9.17) is 21.8 Å². The maximum atomic E-state index is 10.3. The van der Waals surface area contributed by atoms with E-state index < -0.39 is 10.9 Å². The van der Waals surface area contributed by atoms with E-state index in [-0.39, 0.29) is 17.9 Å². The summed E-state index contributed by atoms with van der Waals surface area (Å²) < 4.78 is 0. The highest BCUT2D eigenvalue weighted by Gasteiger charge is 2.06. The standard InChI is InChI=1S/C7H5NO4.C4H9ClO/c9-7(10)5-1-3-6(4-2-5)8(11)12;5-3-1-2-4-6/h1-4H,(H,9,10);6H,1-4H2. The molecule has 0 amide bonds. The van der Waals surface area contributed by atoms with Crippen molar-refractivity contribution in [1.82, 2.24) is 0 Å². The number of rotatable bonds is 5. The Morgan fingerprint density at radius 1 is 1.28 bits per heavy atom. The number of carboxylic acids is 1. The lowest BCUT2D eigenvalue weighted by Gasteiger charge is -1.92. The maximum absolute atomic E-state index is 10.3. The van der Waals surface area contributed by atoms with Crippen molar-refractivity contribution >= 4 is 23.3 Å². The third kappa shape index (κ3) is 6.82. The first kappa shape index (κ1) is 16.3. The van der Waals surface area contributed by atoms with Crippen molar-refractivity contribution in [2.75, 3.05) is 12.5 Å². The van der Waals surface area contributed by atoms with Crippen molar-refractivity contribution in [3.05, 3.63) is 39.9 Å². The second kappa shape index (κ2) is 9.38. The Kier molecular flexibility index (Phi) is 8.51. The van der Waals surface area contributed by atoms with Crippen LogP contribution in [0.3, 0.4) is 0 Å². The molecule has 0 aromatic heterocycles. The van der Waals surface area contributed by atoms with Crippen molar-refractivity contribution in [3.63, 3.8) is 0 Å². The Morgan fingerprint density at radius 2 is 1.83 bits per heavy atom. The molecule has 100 valence electrons. The molecule has 0 heterocycles. The zero-order valence-electron chi connectivity index (χ0n) is 9.58. The Balaban J connectivity index is 0.000000411. The summed E-state index contributed by atoms with van der Waals surface area (Å²) in [5.74, 6) is -0.425. The molecule has 0 aliphatic rings. The number of aliphatic hydroxyl groups is 1. The molecule has 0 aliphatic heterocycles. The van der Waals surface area contributed by atoms with Crippen LogP contribution >= 0.6 is 11.6 Å². The van der Waals surface area contributed by atoms with E-state index in [9.17, 15) is 14.9 Å². The van der Waals surface area contributed by atoms with Crippen LogP contribution in [0.1, 0.15) is 23.2 Å². The van der Waals surface area contributed by atoms with Gasteiger partial charge in [-0.3, -0.25) is 10.1 Å². The average molecular weight is 276 g/mol. The predicted octanol–water partition coefficient (Wildman–Crippen LogP) is 2.29. The number of halogens is 1. The maximum Gasteiger partial charge on any atom is 0.335 e. The summed E-state index contributed by atoms with van der Waals surface area (Å²) in [6, 6.07) is 4.70. The molecule has 0 atom stereocenters. The molecule has 2 N–H and O–H groups in total. The lowest BCUT2D eigenvalue weighted by atomic mass is 10.2. The van der Waals surface area contributed by atoms with Gasteiger partial charge in [-0.2, -0.15) is 0 Å². The number of aliphatic hydroxyl groups excluding tert-OH is 1. The summed E-state index contributed by atoms with van der Waals surface area (Å²) in [4.78, 5) is 19.9. The van der Waals surface area contributed by atoms with Crippen LogP contribution in [0.15, 0.2) is 24.3 Å². The summed E-state index contributed by atoms with van der Waals surface area (Å²) in [5, 5.41) is 26.7. The number of non-ortho nitro benzene ring substituents is 1. The van der Waals surface area contributed by atoms with E-state index in [2.05, 4.69) is 0 Å². The van der Waals surface area contributed by atoms with Gasteiger partial charge in [0.25, 0.3) is 5.69 Å². The van der Waals surface area contributed by atoms with E-state index in [0.717, 1.165) is 25.0 Å². The summed E-state index contributed by atoms with van der Waals surface area (Å²) in [6.45, 7) is 0.271. The number of nitro benzene ring substituents is 1. The van der Waals surface area contributed by atoms with Crippen LogP contribution in [0.5, 0.6) is 0 Å². The molecular weight excluding hydrogens is 262 g/mol. The first-order valence-corrected chi connectivity index (χ1v) is 5.71. The van der Waals surface area contributed by atoms with E-state index in [1.807, 2.05) is 0 Å². The van der Waals surface area contributed by atoms with Gasteiger partial charge in [0.1, 0.15) is 0 Å². The minimum absolute atomic E-state index is 0.0422. The third-order valence-corrected chi connectivity index (χ3v) is 2.13. The Bertz CT molecular complexity index is 343. The summed E-state index contributed by atoms with van der Waals surface area (Å²) in [6.07, 6.45) is 1.77. The molecule has 1 aromatic rings. The highest BCUT2D eigenvalue weighted by Crippen LogP contribution is 2.11. The summed E-state index contributed by atoms with van der Waals surface area (Å²) in [5.41, 5.74) is -0.0689. The van der Waals surface area contributed by atoms with Gasteiger partial charge in [-0.25, -0.2) is 4.79 Å². The Labute approximate surface area is 109 Å². The van der Waals surface area contributed by atoms with Crippen LogP contribution in [0, 0.1) is 10.1 Å². The zero-order valence-corrected chi connectivity index (χ0v) is 10.3. The van der Waals surface area contributed by atoms with Crippen molar-refractivity contribution in [1.29, 1.82) is 0 Å². The van der Waals surface area contributed by atoms with Crippen molar-refractivity contribution in [2.45, 2.75) is 12.8 Å². The number of benzene rings is 1. The third-order valence-electron chi connectivity index (χ3n) is 1.87. The molecule has 6 nitrogen and oxygen atoms in total. The van der Waals surface area contributed by atoms with Gasteiger partial charge in [0.15, 0.2) is 0 Å². The van der Waals surface area contributed by atoms with Gasteiger partial charge in [0.05, 0.1) is 10.5 Å². The fraction of sp³-hybridized carbons (Fsp3) is 0.364. The van der Waals surface area contributed by atoms with Crippen molar-refractivity contribution in [3.8, 4) is 0 Å². The van der Waals surface area contributed by atoms with E-state index in [1.165, 1.54) is 12.1 Å². The van der Waals surface area contributed by atoms with Crippen LogP contribution in [0.4, 0.5) is 5.69 Å². The second-order valence-corrected chi connectivity index (χ2v) is 3.61. The van der Waals surface area contributed by atoms with Crippen molar-refractivity contribution in [2.24, 2.45) is 0 Å². The SMILES string of the molecule is O=C(O)c1ccc([N+](=O)[O-])cc1.OCCCCCl. The molecule has 0 saturated carbocycles. The molecule has 0 fully saturated rings. The molecule has 18 heavy (non-hydrogen) atoms. The average Bonchev–Trinajstić information content (AvgIpc) is 2.37. The molecule has 0 radical (unpaired) electrons. The highest BCUT2D eigenvalue weighted by atomic mass is 35.5. The minimum atomic E-state index is -1.09. The number of alkyl halides is 1. The fourth-order valence-electron chi connectivity index (χ4n) is 0.932. The largest absolute Gasteiger partial charge is 0.478 e. The normalized spacial score (nSPS) is 9.22. The molecule has 0 saturated heterocycles. The first-order valence-electron chi connectivity index (χ1n) is 5.17. The Hall–Kier alpha value is -1.66. The molecule has 0 bridgehead atoms. The molecule has 0 spiro atoms. The summed E-state index contributed by atoms with van der Waals surface area (Å²) in [7, 11) is 0. The van der Waals surface area contributed by atoms with Gasteiger partial charge >= 0.3 is 5.97 Å². The van der Waals surface area contributed by atoms with Gasteiger partial charge in [-0.1, -0.05) is 0 Å². The van der Waals surface area contributed by atoms with Gasteiger partial charge < -0.3 is 10.2 Å². The highest BCUT2D eigenvalue weighted by molar-refractivity contribution is 6.17. The molecule has 1 aromatic carbocycles. The monoisotopic (exact) mass is 275 g/mol. The van der Waals surface area contributed by atoms with Crippen LogP contribution in [0.2, 0.25) is 0 Å². The zero-order chi connectivity index (χ0) is 14.0. The predicted molar refractivity (Wildman–Crippen MR) is 67.1 cm³/mol. The smallest absolute Gasteiger partial charge is 0.335 e. The number of nitro groups is 1. The molecular formula is C11H14ClNO5. The lowest BCUT2D eigenvalue weighted by molar-refractivity contribution is -0.384. The second-order valence-electron chi connectivity index (χ2n) is 3.23. The molecule has 1 rings (SSSR count). The number of aromatic carboxylic acids is 1. The number of hydrogen-bond donors (Lipinski definition) is 2. The lowest BCUT2D eigenvalue weighted by Crippen LogP contribution is -1.96. The van der Waals surface area contributed by atoms with Gasteiger partial charge in [-0.15, -0.1) is 11.6 Å². The number of unbranched alkanes of at least 4 members (excludes halogenated alkanes) is 1. The topological polar surface area (TPSA) is 101 Å². The number of nitrogens with zero attached hydrogens (tertiary/aromatic N) is 1. The van der Waals surface area contributed by atoms with Crippen LogP contribution in [0.25, 0.3) is 0 Å². The quantitative estimate of drug-likeness (QED) is 0.372. The number of carboxylic acid groups (broad SMARTS) is 1. The number of hydrogen-bond acceptors (Lipinski definition) is 4. The van der Waals surface area contributed by atoms with E-state index in [1.54, 1.807) is 0 Å². The molecule has 7 heteroatoms. The first-order chi connectivity index (χ1) is 8.52. The summed E-state index contributed by atoms with van der Waals surface area (Å²) >= 11 is 5.27. The number of carbonyl (C=O) groups is 1. The van der Waals surface area contributed by atoms with Gasteiger partial charge in [-0.05, 0) is 25.0 Å². The van der Waals surface area contributed by atoms with Crippen LogP contribution < -0.4 is 0 Å². The van der Waals surface area contributed by atoms with E-state index in [0.29, 0.717) is 5.88 Å². The van der Waals surface area contributed by atoms with Gasteiger partial charge in [0, 0.05) is 24.6 Å². The minimum Gasteiger partial charge on any atom is -0.478 e. The van der Waals surface area contributed by atoms with Crippen LogP contribution in [-0.2, 0) is 0 Å². The van der Waals surface area contributed by atoms with Crippen molar-refractivity contribution < 1.29 is 19.9 Å². The molecule has 0 aliphatic carbocycles. The fourth-order valence-corrected chi connectivity index (χ4v) is 1.12. The Morgan fingerprint density at radius 3 is 2.11 bits per heavy atom. The molecule has 0 unspecified atom stereocenters. The van der Waals surface area contributed by atoms with Gasteiger partial charge in [0.2, 0.25) is 0 Å².